The molecular formula is C11H19N3O. The Hall–Kier alpha value is -0.870. The van der Waals surface area contributed by atoms with Crippen LogP contribution < -0.4 is 5.73 Å². The number of rotatable bonds is 3. The van der Waals surface area contributed by atoms with Crippen LogP contribution in [0.1, 0.15) is 18.7 Å². The summed E-state index contributed by atoms with van der Waals surface area (Å²) in [7, 11) is 2.01. The van der Waals surface area contributed by atoms with E-state index >= 15 is 0 Å². The van der Waals surface area contributed by atoms with Gasteiger partial charge in [0.25, 0.3) is 0 Å². The second-order valence-electron chi connectivity index (χ2n) is 4.30. The van der Waals surface area contributed by atoms with Gasteiger partial charge < -0.3 is 15.0 Å². The van der Waals surface area contributed by atoms with Crippen LogP contribution >= 0.6 is 0 Å². The summed E-state index contributed by atoms with van der Waals surface area (Å²) >= 11 is 0. The summed E-state index contributed by atoms with van der Waals surface area (Å²) in [6, 6.07) is 0.173. The number of aromatic nitrogens is 2. The van der Waals surface area contributed by atoms with Crippen molar-refractivity contribution >= 4 is 0 Å². The zero-order chi connectivity index (χ0) is 10.7. The predicted octanol–water partition coefficient (Wildman–Crippen LogP) is 0.716. The lowest BCUT2D eigenvalue weighted by Gasteiger charge is -2.27. The molecule has 4 nitrogen and oxygen atoms in total. The van der Waals surface area contributed by atoms with Crippen molar-refractivity contribution in [1.29, 1.82) is 0 Å². The van der Waals surface area contributed by atoms with Gasteiger partial charge >= 0.3 is 0 Å². The molecule has 0 spiro atoms. The van der Waals surface area contributed by atoms with Gasteiger partial charge in [-0.3, -0.25) is 0 Å². The predicted molar refractivity (Wildman–Crippen MR) is 58.4 cm³/mol. The summed E-state index contributed by atoms with van der Waals surface area (Å²) in [6.07, 6.45) is 6.95. The average Bonchev–Trinajstić information content (AvgIpc) is 2.66. The number of aryl methyl sites for hydroxylation is 1. The van der Waals surface area contributed by atoms with Gasteiger partial charge in [0, 0.05) is 38.5 Å². The Morgan fingerprint density at radius 3 is 3.20 bits per heavy atom. The fraction of sp³-hybridized carbons (Fsp3) is 0.727. The van der Waals surface area contributed by atoms with E-state index in [1.165, 1.54) is 6.42 Å². The first-order valence-electron chi connectivity index (χ1n) is 5.57. The highest BCUT2D eigenvalue weighted by Crippen LogP contribution is 2.18. The van der Waals surface area contributed by atoms with E-state index in [9.17, 15) is 0 Å². The third-order valence-electron chi connectivity index (χ3n) is 3.14. The van der Waals surface area contributed by atoms with Crippen LogP contribution in [-0.4, -0.2) is 28.8 Å². The van der Waals surface area contributed by atoms with E-state index in [1.807, 2.05) is 24.0 Å². The van der Waals surface area contributed by atoms with Crippen molar-refractivity contribution in [2.75, 3.05) is 13.2 Å². The van der Waals surface area contributed by atoms with Crippen LogP contribution in [0.5, 0.6) is 0 Å². The topological polar surface area (TPSA) is 53.1 Å². The van der Waals surface area contributed by atoms with Gasteiger partial charge in [-0.1, -0.05) is 0 Å². The number of ether oxygens (including phenoxy) is 1. The van der Waals surface area contributed by atoms with Crippen LogP contribution in [0.3, 0.4) is 0 Å². The molecule has 1 saturated heterocycles. The first-order chi connectivity index (χ1) is 7.27. The van der Waals surface area contributed by atoms with E-state index in [0.29, 0.717) is 5.92 Å². The number of imidazole rings is 1. The zero-order valence-corrected chi connectivity index (χ0v) is 9.22. The van der Waals surface area contributed by atoms with E-state index in [0.717, 1.165) is 31.9 Å². The fourth-order valence-corrected chi connectivity index (χ4v) is 2.07. The molecular weight excluding hydrogens is 190 g/mol. The van der Waals surface area contributed by atoms with Gasteiger partial charge in [-0.2, -0.15) is 0 Å². The molecule has 2 N–H and O–H groups in total. The van der Waals surface area contributed by atoms with Crippen molar-refractivity contribution in [3.63, 3.8) is 0 Å². The second kappa shape index (κ2) is 4.77. The molecule has 2 atom stereocenters. The molecule has 0 bridgehead atoms. The maximum absolute atomic E-state index is 6.18. The maximum Gasteiger partial charge on any atom is 0.109 e. The molecule has 2 unspecified atom stereocenters. The largest absolute Gasteiger partial charge is 0.381 e. The molecule has 1 aromatic rings. The maximum atomic E-state index is 6.18. The molecule has 0 aliphatic carbocycles. The van der Waals surface area contributed by atoms with Gasteiger partial charge in [0.05, 0.1) is 6.61 Å². The third kappa shape index (κ3) is 2.58. The summed E-state index contributed by atoms with van der Waals surface area (Å²) in [6.45, 7) is 1.71. The summed E-state index contributed by atoms with van der Waals surface area (Å²) in [4.78, 5) is 4.29. The third-order valence-corrected chi connectivity index (χ3v) is 3.14. The van der Waals surface area contributed by atoms with Gasteiger partial charge in [0.15, 0.2) is 0 Å². The van der Waals surface area contributed by atoms with E-state index < -0.39 is 0 Å². The molecule has 1 aliphatic heterocycles. The minimum absolute atomic E-state index is 0.173. The molecule has 1 aliphatic rings. The average molecular weight is 209 g/mol. The molecule has 84 valence electrons. The molecule has 2 heterocycles. The van der Waals surface area contributed by atoms with Crippen LogP contribution in [0.4, 0.5) is 0 Å². The lowest BCUT2D eigenvalue weighted by Crippen LogP contribution is -2.38. The standard InChI is InChI=1S/C11H19N3O/c1-14-5-4-13-11(14)7-10(12)9-3-2-6-15-8-9/h4-5,9-10H,2-3,6-8,12H2,1H3. The smallest absolute Gasteiger partial charge is 0.109 e. The molecule has 0 amide bonds. The van der Waals surface area contributed by atoms with Crippen molar-refractivity contribution in [2.45, 2.75) is 25.3 Å². The first kappa shape index (κ1) is 10.6. The molecule has 0 aromatic carbocycles. The molecule has 1 fully saturated rings. The quantitative estimate of drug-likeness (QED) is 0.798. The number of nitrogens with zero attached hydrogens (tertiary/aromatic N) is 2. The zero-order valence-electron chi connectivity index (χ0n) is 9.22. The van der Waals surface area contributed by atoms with Gasteiger partial charge in [0.1, 0.15) is 5.82 Å². The van der Waals surface area contributed by atoms with E-state index in [-0.39, 0.29) is 6.04 Å². The lowest BCUT2D eigenvalue weighted by molar-refractivity contribution is 0.0447. The van der Waals surface area contributed by atoms with Crippen molar-refractivity contribution in [3.8, 4) is 0 Å². The summed E-state index contributed by atoms with van der Waals surface area (Å²) in [5.41, 5.74) is 6.18. The summed E-state index contributed by atoms with van der Waals surface area (Å²) in [5, 5.41) is 0. The van der Waals surface area contributed by atoms with E-state index in [4.69, 9.17) is 10.5 Å². The van der Waals surface area contributed by atoms with Gasteiger partial charge in [-0.05, 0) is 18.8 Å². The highest BCUT2D eigenvalue weighted by atomic mass is 16.5. The minimum atomic E-state index is 0.173. The molecule has 15 heavy (non-hydrogen) atoms. The summed E-state index contributed by atoms with van der Waals surface area (Å²) in [5.74, 6) is 1.56. The highest BCUT2D eigenvalue weighted by molar-refractivity contribution is 4.95. The van der Waals surface area contributed by atoms with Crippen LogP contribution in [-0.2, 0) is 18.2 Å². The second-order valence-corrected chi connectivity index (χ2v) is 4.30. The molecule has 1 aromatic heterocycles. The van der Waals surface area contributed by atoms with Crippen molar-refractivity contribution < 1.29 is 4.74 Å². The van der Waals surface area contributed by atoms with Gasteiger partial charge in [-0.25, -0.2) is 4.98 Å². The Labute approximate surface area is 90.4 Å². The Balaban J connectivity index is 1.91. The number of nitrogens with two attached hydrogens (primary N) is 1. The van der Waals surface area contributed by atoms with Crippen molar-refractivity contribution in [3.05, 3.63) is 18.2 Å². The monoisotopic (exact) mass is 209 g/mol. The van der Waals surface area contributed by atoms with Gasteiger partial charge in [0.2, 0.25) is 0 Å². The number of hydrogen-bond donors (Lipinski definition) is 1. The van der Waals surface area contributed by atoms with Crippen molar-refractivity contribution in [2.24, 2.45) is 18.7 Å². The van der Waals surface area contributed by atoms with E-state index in [1.54, 1.807) is 0 Å². The SMILES string of the molecule is Cn1ccnc1CC(N)C1CCCOC1. The normalized spacial score (nSPS) is 24.0. The van der Waals surface area contributed by atoms with E-state index in [2.05, 4.69) is 4.98 Å². The minimum Gasteiger partial charge on any atom is -0.381 e. The molecule has 4 heteroatoms. The molecule has 0 radical (unpaired) electrons. The Bertz CT molecular complexity index is 305. The Morgan fingerprint density at radius 1 is 1.73 bits per heavy atom. The summed E-state index contributed by atoms with van der Waals surface area (Å²) < 4.78 is 7.48. The lowest BCUT2D eigenvalue weighted by atomic mass is 9.92. The van der Waals surface area contributed by atoms with Gasteiger partial charge in [-0.15, -0.1) is 0 Å². The first-order valence-corrected chi connectivity index (χ1v) is 5.57. The molecule has 0 saturated carbocycles. The number of hydrogen-bond acceptors (Lipinski definition) is 3. The van der Waals surface area contributed by atoms with Crippen molar-refractivity contribution in [1.82, 2.24) is 9.55 Å². The molecule has 2 rings (SSSR count). The van der Waals surface area contributed by atoms with Crippen LogP contribution in [0.25, 0.3) is 0 Å². The fourth-order valence-electron chi connectivity index (χ4n) is 2.07. The van der Waals surface area contributed by atoms with Crippen LogP contribution in [0.2, 0.25) is 0 Å². The van der Waals surface area contributed by atoms with Crippen LogP contribution in [0.15, 0.2) is 12.4 Å². The van der Waals surface area contributed by atoms with Crippen LogP contribution in [0, 0.1) is 5.92 Å². The Kier molecular flexibility index (Phi) is 3.38. The highest BCUT2D eigenvalue weighted by Gasteiger charge is 2.22. The Morgan fingerprint density at radius 2 is 2.60 bits per heavy atom.